The molecule has 0 spiro atoms. The van der Waals surface area contributed by atoms with E-state index in [0.29, 0.717) is 17.9 Å². The Labute approximate surface area is 120 Å². The fourth-order valence-corrected chi connectivity index (χ4v) is 2.19. The van der Waals surface area contributed by atoms with Gasteiger partial charge in [-0.3, -0.25) is 0 Å². The van der Waals surface area contributed by atoms with Crippen LogP contribution in [0, 0.1) is 17.1 Å². The topological polar surface area (TPSA) is 40.8 Å². The second-order valence-electron chi connectivity index (χ2n) is 4.06. The Kier molecular flexibility index (Phi) is 3.98. The summed E-state index contributed by atoms with van der Waals surface area (Å²) in [4.78, 5) is 0. The summed E-state index contributed by atoms with van der Waals surface area (Å²) in [5.41, 5.74) is 2.14. The summed E-state index contributed by atoms with van der Waals surface area (Å²) in [5, 5.41) is 11.9. The van der Waals surface area contributed by atoms with Crippen molar-refractivity contribution >= 4 is 28.9 Å². The van der Waals surface area contributed by atoms with Crippen molar-refractivity contribution < 1.29 is 4.39 Å². The molecule has 3 nitrogen and oxygen atoms in total. The van der Waals surface area contributed by atoms with Crippen LogP contribution >= 0.6 is 23.2 Å². The summed E-state index contributed by atoms with van der Waals surface area (Å²) in [5.74, 6) is -0.625. The molecule has 1 N–H and O–H groups in total. The van der Waals surface area contributed by atoms with Crippen LogP contribution in [0.3, 0.4) is 0 Å². The minimum atomic E-state index is -0.625. The molecular formula is C13H10Cl2FN3. The Morgan fingerprint density at radius 2 is 1.95 bits per heavy atom. The molecule has 19 heavy (non-hydrogen) atoms. The normalized spacial score (nSPS) is 10.3. The minimum absolute atomic E-state index is 0.0271. The van der Waals surface area contributed by atoms with Crippen LogP contribution in [-0.4, -0.2) is 4.57 Å². The van der Waals surface area contributed by atoms with E-state index in [1.807, 2.05) is 6.20 Å². The highest BCUT2D eigenvalue weighted by Crippen LogP contribution is 2.27. The molecular weight excluding hydrogens is 288 g/mol. The molecule has 0 atom stereocenters. The van der Waals surface area contributed by atoms with Gasteiger partial charge in [-0.05, 0) is 23.8 Å². The average molecular weight is 298 g/mol. The van der Waals surface area contributed by atoms with Crippen LogP contribution in [0.25, 0.3) is 0 Å². The highest BCUT2D eigenvalue weighted by atomic mass is 35.5. The molecule has 1 aromatic carbocycles. The lowest BCUT2D eigenvalue weighted by Gasteiger charge is -2.07. The van der Waals surface area contributed by atoms with Crippen molar-refractivity contribution in [2.75, 3.05) is 5.32 Å². The molecule has 0 aliphatic heterocycles. The van der Waals surface area contributed by atoms with E-state index in [-0.39, 0.29) is 10.0 Å². The molecule has 2 rings (SSSR count). The molecule has 0 fully saturated rings. The molecule has 0 radical (unpaired) electrons. The number of hydrogen-bond donors (Lipinski definition) is 1. The maximum Gasteiger partial charge on any atom is 0.160 e. The van der Waals surface area contributed by atoms with Crippen molar-refractivity contribution in [2.45, 2.75) is 6.54 Å². The van der Waals surface area contributed by atoms with E-state index in [0.717, 1.165) is 5.56 Å². The lowest BCUT2D eigenvalue weighted by Crippen LogP contribution is -1.99. The van der Waals surface area contributed by atoms with E-state index < -0.39 is 5.82 Å². The Morgan fingerprint density at radius 1 is 1.32 bits per heavy atom. The molecule has 0 saturated heterocycles. The molecule has 1 aromatic heterocycles. The molecule has 2 aromatic rings. The van der Waals surface area contributed by atoms with E-state index >= 15 is 0 Å². The third kappa shape index (κ3) is 3.01. The predicted octanol–water partition coefficient (Wildman–Crippen LogP) is 3.95. The van der Waals surface area contributed by atoms with Crippen LogP contribution in [0.1, 0.15) is 11.3 Å². The van der Waals surface area contributed by atoms with Crippen molar-refractivity contribution in [3.8, 4) is 6.07 Å². The first-order valence-corrected chi connectivity index (χ1v) is 6.20. The summed E-state index contributed by atoms with van der Waals surface area (Å²) >= 11 is 11.4. The second kappa shape index (κ2) is 5.52. The zero-order valence-electron chi connectivity index (χ0n) is 10.0. The van der Waals surface area contributed by atoms with Gasteiger partial charge in [-0.1, -0.05) is 23.2 Å². The van der Waals surface area contributed by atoms with Gasteiger partial charge in [-0.2, -0.15) is 5.26 Å². The lowest BCUT2D eigenvalue weighted by molar-refractivity contribution is 0.629. The Morgan fingerprint density at radius 3 is 2.47 bits per heavy atom. The number of rotatable bonds is 3. The number of nitriles is 1. The van der Waals surface area contributed by atoms with Crippen molar-refractivity contribution in [2.24, 2.45) is 7.05 Å². The molecule has 0 unspecified atom stereocenters. The molecule has 0 amide bonds. The monoisotopic (exact) mass is 297 g/mol. The third-order valence-electron chi connectivity index (χ3n) is 2.66. The zero-order chi connectivity index (χ0) is 14.0. The highest BCUT2D eigenvalue weighted by molar-refractivity contribution is 6.35. The van der Waals surface area contributed by atoms with Crippen molar-refractivity contribution in [1.82, 2.24) is 4.57 Å². The average Bonchev–Trinajstić information content (AvgIpc) is 2.74. The van der Waals surface area contributed by atoms with Gasteiger partial charge in [0.05, 0.1) is 10.0 Å². The van der Waals surface area contributed by atoms with E-state index in [1.54, 1.807) is 17.7 Å². The SMILES string of the molecule is Cn1cc(CNc2cc(Cl)c(F)c(Cl)c2)cc1C#N. The number of nitrogens with one attached hydrogen (secondary N) is 1. The van der Waals surface area contributed by atoms with Crippen LogP contribution in [-0.2, 0) is 13.6 Å². The Hall–Kier alpha value is -1.70. The van der Waals surface area contributed by atoms with Crippen molar-refractivity contribution in [1.29, 1.82) is 5.26 Å². The summed E-state index contributed by atoms with van der Waals surface area (Å²) in [7, 11) is 1.80. The van der Waals surface area contributed by atoms with Gasteiger partial charge in [0.2, 0.25) is 0 Å². The van der Waals surface area contributed by atoms with Gasteiger partial charge < -0.3 is 9.88 Å². The maximum absolute atomic E-state index is 13.2. The van der Waals surface area contributed by atoms with Crippen molar-refractivity contribution in [3.63, 3.8) is 0 Å². The van der Waals surface area contributed by atoms with E-state index in [9.17, 15) is 4.39 Å². The van der Waals surface area contributed by atoms with Crippen molar-refractivity contribution in [3.05, 3.63) is 51.5 Å². The van der Waals surface area contributed by atoms with Gasteiger partial charge in [0.25, 0.3) is 0 Å². The van der Waals surface area contributed by atoms with Crippen LogP contribution < -0.4 is 5.32 Å². The number of halogens is 3. The third-order valence-corrected chi connectivity index (χ3v) is 3.21. The molecule has 1 heterocycles. The Balaban J connectivity index is 2.12. The first-order chi connectivity index (χ1) is 9.01. The number of nitrogens with zero attached hydrogens (tertiary/aromatic N) is 2. The molecule has 0 saturated carbocycles. The maximum atomic E-state index is 13.2. The van der Waals surface area contributed by atoms with Gasteiger partial charge in [-0.15, -0.1) is 0 Å². The summed E-state index contributed by atoms with van der Waals surface area (Å²) in [6.45, 7) is 0.494. The first kappa shape index (κ1) is 13.7. The zero-order valence-corrected chi connectivity index (χ0v) is 11.6. The quantitative estimate of drug-likeness (QED) is 0.871. The van der Waals surface area contributed by atoms with Crippen LogP contribution in [0.5, 0.6) is 0 Å². The summed E-state index contributed by atoms with van der Waals surface area (Å²) in [6.07, 6.45) is 1.85. The summed E-state index contributed by atoms with van der Waals surface area (Å²) in [6, 6.07) is 6.80. The Bertz CT molecular complexity index is 635. The molecule has 0 aliphatic carbocycles. The lowest BCUT2D eigenvalue weighted by atomic mass is 10.2. The van der Waals surface area contributed by atoms with Crippen LogP contribution in [0.2, 0.25) is 10.0 Å². The van der Waals surface area contributed by atoms with Gasteiger partial charge in [0.15, 0.2) is 5.82 Å². The van der Waals surface area contributed by atoms with E-state index in [1.165, 1.54) is 12.1 Å². The smallest absolute Gasteiger partial charge is 0.160 e. The van der Waals surface area contributed by atoms with Gasteiger partial charge >= 0.3 is 0 Å². The van der Waals surface area contributed by atoms with Crippen LogP contribution in [0.4, 0.5) is 10.1 Å². The number of aryl methyl sites for hydroxylation is 1. The highest BCUT2D eigenvalue weighted by Gasteiger charge is 2.08. The fourth-order valence-electron chi connectivity index (χ4n) is 1.70. The number of hydrogen-bond acceptors (Lipinski definition) is 2. The summed E-state index contributed by atoms with van der Waals surface area (Å²) < 4.78 is 15.0. The van der Waals surface area contributed by atoms with Crippen LogP contribution in [0.15, 0.2) is 24.4 Å². The molecule has 6 heteroatoms. The fraction of sp³-hybridized carbons (Fsp3) is 0.154. The molecule has 0 bridgehead atoms. The minimum Gasteiger partial charge on any atom is -0.381 e. The predicted molar refractivity (Wildman–Crippen MR) is 73.9 cm³/mol. The standard InChI is InChI=1S/C13H10Cl2FN3/c1-19-7-8(2-10(19)5-17)6-18-9-3-11(14)13(16)12(15)4-9/h2-4,7,18H,6H2,1H3. The number of benzene rings is 1. The van der Waals surface area contributed by atoms with Gasteiger partial charge in [-0.25, -0.2) is 4.39 Å². The van der Waals surface area contributed by atoms with Gasteiger partial charge in [0.1, 0.15) is 11.8 Å². The van der Waals surface area contributed by atoms with Gasteiger partial charge in [0, 0.05) is 25.5 Å². The van der Waals surface area contributed by atoms with E-state index in [2.05, 4.69) is 11.4 Å². The molecule has 98 valence electrons. The number of anilines is 1. The largest absolute Gasteiger partial charge is 0.381 e. The molecule has 0 aliphatic rings. The van der Waals surface area contributed by atoms with E-state index in [4.69, 9.17) is 28.5 Å². The second-order valence-corrected chi connectivity index (χ2v) is 4.88. The first-order valence-electron chi connectivity index (χ1n) is 5.45. The number of aromatic nitrogens is 1.